The highest BCUT2D eigenvalue weighted by Gasteiger charge is 2.20. The van der Waals surface area contributed by atoms with Crippen LogP contribution < -0.4 is 10.6 Å². The van der Waals surface area contributed by atoms with Crippen molar-refractivity contribution in [2.75, 3.05) is 31.2 Å². The first-order chi connectivity index (χ1) is 8.16. The van der Waals surface area contributed by atoms with Gasteiger partial charge in [-0.05, 0) is 12.3 Å². The maximum Gasteiger partial charge on any atom is 0.318 e. The molecule has 96 valence electrons. The van der Waals surface area contributed by atoms with E-state index >= 15 is 0 Å². The molecule has 1 aromatic rings. The Balaban J connectivity index is 1.99. The van der Waals surface area contributed by atoms with Crippen LogP contribution in [0.25, 0.3) is 0 Å². The predicted octanol–water partition coefficient (Wildman–Crippen LogP) is 0.952. The van der Waals surface area contributed by atoms with Crippen LogP contribution in [0.1, 0.15) is 32.2 Å². The zero-order chi connectivity index (χ0) is 12.3. The lowest BCUT2D eigenvalue weighted by Gasteiger charge is -2.24. The van der Waals surface area contributed by atoms with Crippen LogP contribution in [0.2, 0.25) is 0 Å². The van der Waals surface area contributed by atoms with Crippen molar-refractivity contribution in [3.63, 3.8) is 0 Å². The second-order valence-electron chi connectivity index (χ2n) is 4.76. The molecular weight excluding hydrogens is 220 g/mol. The summed E-state index contributed by atoms with van der Waals surface area (Å²) in [6.45, 7) is 7.24. The molecule has 2 rings (SSSR count). The van der Waals surface area contributed by atoms with Crippen molar-refractivity contribution in [2.45, 2.75) is 26.3 Å². The Morgan fingerprint density at radius 1 is 1.29 bits per heavy atom. The molecule has 6 heteroatoms. The molecular formula is C11H20N4O2. The molecule has 1 aliphatic rings. The number of anilines is 1. The summed E-state index contributed by atoms with van der Waals surface area (Å²) in [5.74, 6) is 1.05. The molecule has 1 saturated heterocycles. The third kappa shape index (κ3) is 3.17. The molecule has 2 N–H and O–H groups in total. The summed E-state index contributed by atoms with van der Waals surface area (Å²) in [5, 5.41) is 8.06. The van der Waals surface area contributed by atoms with E-state index in [1.54, 1.807) is 0 Å². The molecule has 1 fully saturated rings. The van der Waals surface area contributed by atoms with Crippen molar-refractivity contribution in [1.82, 2.24) is 10.2 Å². The molecule has 0 spiro atoms. The number of nitrogens with zero attached hydrogens (tertiary/aromatic N) is 3. The molecule has 0 radical (unpaired) electrons. The van der Waals surface area contributed by atoms with Crippen LogP contribution in [0.4, 0.5) is 6.01 Å². The minimum Gasteiger partial charge on any atom is -0.406 e. The summed E-state index contributed by atoms with van der Waals surface area (Å²) >= 11 is 0. The number of nitrogens with two attached hydrogens (primary N) is 1. The molecule has 1 atom stereocenters. The quantitative estimate of drug-likeness (QED) is 0.844. The maximum atomic E-state index is 6.00. The van der Waals surface area contributed by atoms with Gasteiger partial charge in [0.25, 0.3) is 0 Å². The molecule has 6 nitrogen and oxygen atoms in total. The lowest BCUT2D eigenvalue weighted by Crippen LogP contribution is -2.36. The SMILES string of the molecule is CC(C)CC(N)c1nnc(N2CCOCC2)o1. The molecule has 0 aromatic carbocycles. The largest absolute Gasteiger partial charge is 0.406 e. The van der Waals surface area contributed by atoms with E-state index in [0.717, 1.165) is 19.5 Å². The first kappa shape index (κ1) is 12.3. The Morgan fingerprint density at radius 2 is 2.00 bits per heavy atom. The Bertz CT molecular complexity index is 347. The third-order valence-corrected chi connectivity index (χ3v) is 2.75. The minimum atomic E-state index is -0.169. The molecule has 1 aliphatic heterocycles. The molecule has 2 heterocycles. The fraction of sp³-hybridized carbons (Fsp3) is 0.818. The molecule has 0 amide bonds. The number of hydrogen-bond donors (Lipinski definition) is 1. The zero-order valence-corrected chi connectivity index (χ0v) is 10.4. The monoisotopic (exact) mass is 240 g/mol. The highest BCUT2D eigenvalue weighted by molar-refractivity contribution is 5.24. The molecule has 0 bridgehead atoms. The minimum absolute atomic E-state index is 0.169. The van der Waals surface area contributed by atoms with Crippen LogP contribution in [0.3, 0.4) is 0 Å². The van der Waals surface area contributed by atoms with Crippen LogP contribution in [0.15, 0.2) is 4.42 Å². The summed E-state index contributed by atoms with van der Waals surface area (Å²) in [4.78, 5) is 2.03. The van der Waals surface area contributed by atoms with E-state index in [1.165, 1.54) is 0 Å². The van der Waals surface area contributed by atoms with Crippen molar-refractivity contribution in [3.05, 3.63) is 5.89 Å². The van der Waals surface area contributed by atoms with Gasteiger partial charge in [-0.15, -0.1) is 5.10 Å². The fourth-order valence-electron chi connectivity index (χ4n) is 1.87. The van der Waals surface area contributed by atoms with Crippen molar-refractivity contribution in [1.29, 1.82) is 0 Å². The normalized spacial score (nSPS) is 18.7. The average molecular weight is 240 g/mol. The number of hydrogen-bond acceptors (Lipinski definition) is 6. The molecule has 17 heavy (non-hydrogen) atoms. The summed E-state index contributed by atoms with van der Waals surface area (Å²) in [6.07, 6.45) is 0.852. The van der Waals surface area contributed by atoms with E-state index in [2.05, 4.69) is 24.0 Å². The van der Waals surface area contributed by atoms with E-state index in [-0.39, 0.29) is 6.04 Å². The summed E-state index contributed by atoms with van der Waals surface area (Å²) in [5.41, 5.74) is 6.00. The number of morpholine rings is 1. The van der Waals surface area contributed by atoms with E-state index < -0.39 is 0 Å². The van der Waals surface area contributed by atoms with Gasteiger partial charge in [-0.3, -0.25) is 0 Å². The van der Waals surface area contributed by atoms with Gasteiger partial charge in [-0.1, -0.05) is 18.9 Å². The third-order valence-electron chi connectivity index (χ3n) is 2.75. The molecule has 1 unspecified atom stereocenters. The predicted molar refractivity (Wildman–Crippen MR) is 63.7 cm³/mol. The smallest absolute Gasteiger partial charge is 0.318 e. The Hall–Kier alpha value is -1.14. The molecule has 1 aromatic heterocycles. The first-order valence-electron chi connectivity index (χ1n) is 6.08. The van der Waals surface area contributed by atoms with E-state index in [4.69, 9.17) is 14.9 Å². The van der Waals surface area contributed by atoms with Crippen LogP contribution in [0.5, 0.6) is 0 Å². The topological polar surface area (TPSA) is 77.4 Å². The standard InChI is InChI=1S/C11H20N4O2/c1-8(2)7-9(12)10-13-14-11(17-10)15-3-5-16-6-4-15/h8-9H,3-7,12H2,1-2H3. The summed E-state index contributed by atoms with van der Waals surface area (Å²) in [7, 11) is 0. The van der Waals surface area contributed by atoms with Crippen LogP contribution in [-0.4, -0.2) is 36.5 Å². The van der Waals surface area contributed by atoms with E-state index in [0.29, 0.717) is 31.0 Å². The Morgan fingerprint density at radius 3 is 2.65 bits per heavy atom. The van der Waals surface area contributed by atoms with Crippen molar-refractivity contribution < 1.29 is 9.15 Å². The van der Waals surface area contributed by atoms with Gasteiger partial charge in [0.2, 0.25) is 5.89 Å². The van der Waals surface area contributed by atoms with Gasteiger partial charge in [-0.25, -0.2) is 0 Å². The Kier molecular flexibility index (Phi) is 3.96. The first-order valence-corrected chi connectivity index (χ1v) is 6.08. The lowest BCUT2D eigenvalue weighted by molar-refractivity contribution is 0.120. The number of rotatable bonds is 4. The Labute approximate surface area is 101 Å². The van der Waals surface area contributed by atoms with Gasteiger partial charge in [-0.2, -0.15) is 0 Å². The molecule has 0 saturated carbocycles. The molecule has 0 aliphatic carbocycles. The van der Waals surface area contributed by atoms with Gasteiger partial charge >= 0.3 is 6.01 Å². The highest BCUT2D eigenvalue weighted by Crippen LogP contribution is 2.21. The summed E-state index contributed by atoms with van der Waals surface area (Å²) in [6, 6.07) is 0.389. The fourth-order valence-corrected chi connectivity index (χ4v) is 1.87. The zero-order valence-electron chi connectivity index (χ0n) is 10.4. The van der Waals surface area contributed by atoms with Crippen molar-refractivity contribution >= 4 is 6.01 Å². The van der Waals surface area contributed by atoms with Gasteiger partial charge in [0.05, 0.1) is 19.3 Å². The van der Waals surface area contributed by atoms with Crippen LogP contribution >= 0.6 is 0 Å². The van der Waals surface area contributed by atoms with Gasteiger partial charge < -0.3 is 19.8 Å². The van der Waals surface area contributed by atoms with E-state index in [1.807, 2.05) is 4.90 Å². The maximum absolute atomic E-state index is 6.00. The lowest BCUT2D eigenvalue weighted by atomic mass is 10.1. The second-order valence-corrected chi connectivity index (χ2v) is 4.76. The number of aromatic nitrogens is 2. The van der Waals surface area contributed by atoms with Gasteiger partial charge in [0, 0.05) is 13.1 Å². The summed E-state index contributed by atoms with van der Waals surface area (Å²) < 4.78 is 10.9. The van der Waals surface area contributed by atoms with Gasteiger partial charge in [0.15, 0.2) is 0 Å². The van der Waals surface area contributed by atoms with Crippen molar-refractivity contribution in [2.24, 2.45) is 11.7 Å². The average Bonchev–Trinajstić information content (AvgIpc) is 2.78. The number of ether oxygens (including phenoxy) is 1. The van der Waals surface area contributed by atoms with Crippen LogP contribution in [-0.2, 0) is 4.74 Å². The van der Waals surface area contributed by atoms with E-state index in [9.17, 15) is 0 Å². The second kappa shape index (κ2) is 5.46. The van der Waals surface area contributed by atoms with Crippen LogP contribution in [0, 0.1) is 5.92 Å². The van der Waals surface area contributed by atoms with Crippen molar-refractivity contribution in [3.8, 4) is 0 Å². The highest BCUT2D eigenvalue weighted by atomic mass is 16.5. The van der Waals surface area contributed by atoms with Gasteiger partial charge in [0.1, 0.15) is 0 Å².